The van der Waals surface area contributed by atoms with Crippen molar-refractivity contribution in [2.75, 3.05) is 31.1 Å². The third-order valence-corrected chi connectivity index (χ3v) is 5.55. The number of aromatic nitrogens is 2. The smallest absolute Gasteiger partial charge is 0.369 e. The van der Waals surface area contributed by atoms with E-state index in [9.17, 15) is 18.0 Å². The molecule has 0 spiro atoms. The molecular formula is C18H17F3N4OS. The van der Waals surface area contributed by atoms with Gasteiger partial charge < -0.3 is 9.88 Å². The second kappa shape index (κ2) is 6.97. The summed E-state index contributed by atoms with van der Waals surface area (Å²) in [4.78, 5) is 23.4. The lowest BCUT2D eigenvalue weighted by Crippen LogP contribution is -2.46. The van der Waals surface area contributed by atoms with E-state index in [2.05, 4.69) is 14.9 Å². The highest BCUT2D eigenvalue weighted by atomic mass is 32.1. The molecular weight excluding hydrogens is 377 g/mol. The van der Waals surface area contributed by atoms with Gasteiger partial charge in [-0.05, 0) is 29.6 Å². The van der Waals surface area contributed by atoms with Crippen LogP contribution >= 0.6 is 11.3 Å². The van der Waals surface area contributed by atoms with Crippen molar-refractivity contribution in [1.29, 1.82) is 0 Å². The first-order valence-electron chi connectivity index (χ1n) is 8.51. The Hall–Kier alpha value is -2.39. The number of thiophene rings is 1. The minimum atomic E-state index is -4.34. The van der Waals surface area contributed by atoms with E-state index >= 15 is 0 Å². The second-order valence-electron chi connectivity index (χ2n) is 6.46. The molecule has 1 saturated heterocycles. The van der Waals surface area contributed by atoms with Crippen LogP contribution in [0.1, 0.15) is 11.4 Å². The summed E-state index contributed by atoms with van der Waals surface area (Å²) in [6.07, 6.45) is -4.34. The van der Waals surface area contributed by atoms with Crippen molar-refractivity contribution in [2.45, 2.75) is 12.7 Å². The molecule has 142 valence electrons. The van der Waals surface area contributed by atoms with Gasteiger partial charge in [-0.2, -0.15) is 13.2 Å². The number of nitrogens with one attached hydrogen (secondary N) is 1. The zero-order valence-corrected chi connectivity index (χ0v) is 15.1. The van der Waals surface area contributed by atoms with Crippen LogP contribution in [0.5, 0.6) is 0 Å². The number of rotatable bonds is 3. The normalized spacial score (nSPS) is 16.2. The highest BCUT2D eigenvalue weighted by Crippen LogP contribution is 2.31. The second-order valence-corrected chi connectivity index (χ2v) is 7.37. The number of fused-ring (bicyclic) bond motifs is 1. The SMILES string of the molecule is O=c1[nH]c(CN2CCN(c3cccc(C(F)(F)F)c3)CC2)nc2ccsc12. The van der Waals surface area contributed by atoms with Crippen LogP contribution in [0, 0.1) is 0 Å². The maximum atomic E-state index is 12.9. The van der Waals surface area contributed by atoms with Gasteiger partial charge in [0.25, 0.3) is 5.56 Å². The van der Waals surface area contributed by atoms with Gasteiger partial charge in [-0.25, -0.2) is 4.98 Å². The van der Waals surface area contributed by atoms with Crippen LogP contribution in [-0.4, -0.2) is 41.0 Å². The quantitative estimate of drug-likeness (QED) is 0.741. The first-order chi connectivity index (χ1) is 12.9. The number of aromatic amines is 1. The van der Waals surface area contributed by atoms with Gasteiger partial charge >= 0.3 is 6.18 Å². The standard InChI is InChI=1S/C18H17F3N4OS/c19-18(20,21)12-2-1-3-13(10-12)25-7-5-24(6-8-25)11-15-22-14-4-9-27-16(14)17(26)23-15/h1-4,9-10H,5-8,11H2,(H,22,23,26). The number of alkyl halides is 3. The van der Waals surface area contributed by atoms with Gasteiger partial charge in [-0.3, -0.25) is 9.69 Å². The molecule has 3 aromatic rings. The van der Waals surface area contributed by atoms with E-state index in [0.717, 1.165) is 6.07 Å². The van der Waals surface area contributed by atoms with Crippen LogP contribution in [0.15, 0.2) is 40.5 Å². The van der Waals surface area contributed by atoms with Crippen molar-refractivity contribution in [3.63, 3.8) is 0 Å². The van der Waals surface area contributed by atoms with E-state index in [1.54, 1.807) is 6.07 Å². The van der Waals surface area contributed by atoms with Gasteiger partial charge in [0, 0.05) is 31.9 Å². The van der Waals surface area contributed by atoms with Crippen molar-refractivity contribution in [2.24, 2.45) is 0 Å². The van der Waals surface area contributed by atoms with Crippen molar-refractivity contribution in [1.82, 2.24) is 14.9 Å². The number of piperazine rings is 1. The number of benzene rings is 1. The maximum absolute atomic E-state index is 12.9. The summed E-state index contributed by atoms with van der Waals surface area (Å²) < 4.78 is 39.3. The Morgan fingerprint density at radius 3 is 2.67 bits per heavy atom. The Kier molecular flexibility index (Phi) is 4.65. The van der Waals surface area contributed by atoms with Gasteiger partial charge in [0.2, 0.25) is 0 Å². The molecule has 0 bridgehead atoms. The van der Waals surface area contributed by atoms with Gasteiger partial charge in [0.05, 0.1) is 17.6 Å². The van der Waals surface area contributed by atoms with Crippen molar-refractivity contribution < 1.29 is 13.2 Å². The zero-order valence-electron chi connectivity index (χ0n) is 14.3. The predicted octanol–water partition coefficient (Wildman–Crippen LogP) is 3.33. The number of nitrogens with zero attached hydrogens (tertiary/aromatic N) is 3. The molecule has 4 rings (SSSR count). The Morgan fingerprint density at radius 2 is 1.93 bits per heavy atom. The van der Waals surface area contributed by atoms with E-state index in [-0.39, 0.29) is 5.56 Å². The number of anilines is 1. The molecule has 0 amide bonds. The van der Waals surface area contributed by atoms with Crippen molar-refractivity contribution >= 4 is 27.2 Å². The van der Waals surface area contributed by atoms with Crippen molar-refractivity contribution in [3.05, 3.63) is 57.5 Å². The number of H-pyrrole nitrogens is 1. The molecule has 0 aliphatic carbocycles. The highest BCUT2D eigenvalue weighted by molar-refractivity contribution is 7.17. The molecule has 9 heteroatoms. The highest BCUT2D eigenvalue weighted by Gasteiger charge is 2.31. The number of halogens is 3. The molecule has 1 aliphatic rings. The van der Waals surface area contributed by atoms with Crippen LogP contribution in [0.4, 0.5) is 18.9 Å². The summed E-state index contributed by atoms with van der Waals surface area (Å²) >= 11 is 1.36. The fraction of sp³-hybridized carbons (Fsp3) is 0.333. The minimum Gasteiger partial charge on any atom is -0.369 e. The van der Waals surface area contributed by atoms with Gasteiger partial charge in [-0.1, -0.05) is 6.07 Å². The zero-order chi connectivity index (χ0) is 19.0. The molecule has 0 saturated carbocycles. The molecule has 0 unspecified atom stereocenters. The molecule has 1 aliphatic heterocycles. The summed E-state index contributed by atoms with van der Waals surface area (Å²) in [6.45, 7) is 3.11. The van der Waals surface area contributed by atoms with Crippen LogP contribution in [0.25, 0.3) is 10.2 Å². The van der Waals surface area contributed by atoms with E-state index in [1.165, 1.54) is 23.5 Å². The number of hydrogen-bond acceptors (Lipinski definition) is 5. The lowest BCUT2D eigenvalue weighted by molar-refractivity contribution is -0.137. The monoisotopic (exact) mass is 394 g/mol. The Morgan fingerprint density at radius 1 is 1.15 bits per heavy atom. The largest absolute Gasteiger partial charge is 0.416 e. The summed E-state index contributed by atoms with van der Waals surface area (Å²) in [5, 5.41) is 1.84. The molecule has 2 aromatic heterocycles. The minimum absolute atomic E-state index is 0.132. The molecule has 0 radical (unpaired) electrons. The topological polar surface area (TPSA) is 52.2 Å². The third-order valence-electron chi connectivity index (χ3n) is 4.65. The molecule has 1 aromatic carbocycles. The molecule has 3 heterocycles. The van der Waals surface area contributed by atoms with Crippen LogP contribution in [-0.2, 0) is 12.7 Å². The molecule has 0 atom stereocenters. The summed E-state index contributed by atoms with van der Waals surface area (Å²) in [5.74, 6) is 0.610. The molecule has 1 N–H and O–H groups in total. The fourth-order valence-corrected chi connectivity index (χ4v) is 3.98. The van der Waals surface area contributed by atoms with E-state index in [1.807, 2.05) is 16.3 Å². The average molecular weight is 394 g/mol. The summed E-state index contributed by atoms with van der Waals surface area (Å²) in [6, 6.07) is 7.25. The predicted molar refractivity (Wildman–Crippen MR) is 99.2 cm³/mol. The average Bonchev–Trinajstić information content (AvgIpc) is 3.11. The maximum Gasteiger partial charge on any atom is 0.416 e. The lowest BCUT2D eigenvalue weighted by Gasteiger charge is -2.36. The first kappa shape index (κ1) is 18.0. The first-order valence-corrected chi connectivity index (χ1v) is 9.39. The van der Waals surface area contributed by atoms with Crippen molar-refractivity contribution in [3.8, 4) is 0 Å². The fourth-order valence-electron chi connectivity index (χ4n) is 3.25. The van der Waals surface area contributed by atoms with Crippen LogP contribution in [0.2, 0.25) is 0 Å². The third kappa shape index (κ3) is 3.84. The van der Waals surface area contributed by atoms with Crippen LogP contribution in [0.3, 0.4) is 0 Å². The Labute approximate surface area is 157 Å². The lowest BCUT2D eigenvalue weighted by atomic mass is 10.1. The van der Waals surface area contributed by atoms with Gasteiger partial charge in [0.1, 0.15) is 10.5 Å². The Bertz CT molecular complexity index is 1010. The van der Waals surface area contributed by atoms with E-state index in [4.69, 9.17) is 0 Å². The van der Waals surface area contributed by atoms with Gasteiger partial charge in [-0.15, -0.1) is 11.3 Å². The van der Waals surface area contributed by atoms with E-state index in [0.29, 0.717) is 54.5 Å². The van der Waals surface area contributed by atoms with E-state index < -0.39 is 11.7 Å². The molecule has 1 fully saturated rings. The molecule has 27 heavy (non-hydrogen) atoms. The summed E-state index contributed by atoms with van der Waals surface area (Å²) in [5.41, 5.74) is 0.512. The van der Waals surface area contributed by atoms with Crippen LogP contribution < -0.4 is 10.5 Å². The molecule has 5 nitrogen and oxygen atoms in total. The Balaban J connectivity index is 1.42. The summed E-state index contributed by atoms with van der Waals surface area (Å²) in [7, 11) is 0. The number of hydrogen-bond donors (Lipinski definition) is 1. The van der Waals surface area contributed by atoms with Gasteiger partial charge in [0.15, 0.2) is 0 Å².